The van der Waals surface area contributed by atoms with Gasteiger partial charge in [0.2, 0.25) is 5.91 Å². The number of carboxylic acids is 1. The molecule has 0 aliphatic heterocycles. The highest BCUT2D eigenvalue weighted by atomic mass is 32.2. The molecule has 15 heavy (non-hydrogen) atoms. The Hall–Kier alpha value is -1.11. The quantitative estimate of drug-likeness (QED) is 0.576. The molecule has 0 heterocycles. The molecule has 0 saturated heterocycles. The van der Waals surface area contributed by atoms with Crippen molar-refractivity contribution in [2.45, 2.75) is 19.8 Å². The summed E-state index contributed by atoms with van der Waals surface area (Å²) in [7, 11) is -3.83. The molecule has 0 unspecified atom stereocenters. The molecule has 0 bridgehead atoms. The zero-order valence-corrected chi connectivity index (χ0v) is 9.34. The number of aliphatic carboxylic acids is 1. The van der Waals surface area contributed by atoms with Crippen LogP contribution in [0.2, 0.25) is 0 Å². The van der Waals surface area contributed by atoms with E-state index in [1.54, 1.807) is 0 Å². The van der Waals surface area contributed by atoms with Crippen LogP contribution < -0.4 is 5.32 Å². The smallest absolute Gasteiger partial charge is 0.318 e. The van der Waals surface area contributed by atoms with Crippen molar-refractivity contribution in [3.8, 4) is 0 Å². The number of hydrogen-bond acceptors (Lipinski definition) is 4. The van der Waals surface area contributed by atoms with E-state index in [1.165, 1.54) is 0 Å². The monoisotopic (exact) mass is 237 g/mol. The molecule has 0 radical (unpaired) electrons. The van der Waals surface area contributed by atoms with Crippen molar-refractivity contribution in [2.75, 3.05) is 18.1 Å². The van der Waals surface area contributed by atoms with Gasteiger partial charge < -0.3 is 10.4 Å². The van der Waals surface area contributed by atoms with E-state index in [0.29, 0.717) is 6.54 Å². The Labute approximate surface area is 88.6 Å². The van der Waals surface area contributed by atoms with Crippen molar-refractivity contribution < 1.29 is 23.1 Å². The van der Waals surface area contributed by atoms with Gasteiger partial charge in [0, 0.05) is 6.54 Å². The molecule has 0 aliphatic carbocycles. The minimum Gasteiger partial charge on any atom is -0.480 e. The molecule has 7 heteroatoms. The average Bonchev–Trinajstić information content (AvgIpc) is 2.00. The molecule has 0 aromatic carbocycles. The Morgan fingerprint density at radius 3 is 2.33 bits per heavy atom. The Morgan fingerprint density at radius 2 is 1.87 bits per heavy atom. The van der Waals surface area contributed by atoms with Gasteiger partial charge in [-0.25, -0.2) is 8.42 Å². The van der Waals surface area contributed by atoms with Gasteiger partial charge in [-0.3, -0.25) is 9.59 Å². The summed E-state index contributed by atoms with van der Waals surface area (Å²) in [5.74, 6) is -3.86. The molecule has 88 valence electrons. The highest BCUT2D eigenvalue weighted by molar-refractivity contribution is 7.92. The summed E-state index contributed by atoms with van der Waals surface area (Å²) in [6.07, 6.45) is 1.66. The normalized spacial score (nSPS) is 11.0. The van der Waals surface area contributed by atoms with Crippen molar-refractivity contribution in [3.63, 3.8) is 0 Å². The maximum atomic E-state index is 11.0. The van der Waals surface area contributed by atoms with Crippen LogP contribution in [-0.2, 0) is 19.4 Å². The largest absolute Gasteiger partial charge is 0.480 e. The number of nitrogens with one attached hydrogen (secondary N) is 1. The summed E-state index contributed by atoms with van der Waals surface area (Å²) in [6, 6.07) is 0. The second kappa shape index (κ2) is 6.39. The summed E-state index contributed by atoms with van der Waals surface area (Å²) in [5, 5.41) is 10.7. The third-order valence-corrected chi connectivity index (χ3v) is 2.94. The van der Waals surface area contributed by atoms with Crippen molar-refractivity contribution >= 4 is 21.7 Å². The van der Waals surface area contributed by atoms with E-state index in [-0.39, 0.29) is 0 Å². The molecule has 0 rings (SSSR count). The van der Waals surface area contributed by atoms with Crippen LogP contribution in [0.5, 0.6) is 0 Å². The minimum absolute atomic E-state index is 0.415. The predicted octanol–water partition coefficient (Wildman–Crippen LogP) is -0.598. The van der Waals surface area contributed by atoms with Crippen LogP contribution in [0.1, 0.15) is 19.8 Å². The van der Waals surface area contributed by atoms with Gasteiger partial charge in [0.1, 0.15) is 11.5 Å². The number of carbonyl (C=O) groups is 2. The second-order valence-electron chi connectivity index (χ2n) is 3.13. The average molecular weight is 237 g/mol. The molecule has 2 N–H and O–H groups in total. The molecule has 0 aliphatic rings. The van der Waals surface area contributed by atoms with Gasteiger partial charge in [0.05, 0.1) is 0 Å². The van der Waals surface area contributed by atoms with Crippen LogP contribution in [0, 0.1) is 0 Å². The van der Waals surface area contributed by atoms with E-state index in [4.69, 9.17) is 5.11 Å². The second-order valence-corrected chi connectivity index (χ2v) is 5.19. The van der Waals surface area contributed by atoms with Gasteiger partial charge in [-0.15, -0.1) is 0 Å². The first-order valence-corrected chi connectivity index (χ1v) is 6.38. The first-order chi connectivity index (χ1) is 6.87. The number of unbranched alkanes of at least 4 members (excludes halogenated alkanes) is 1. The Morgan fingerprint density at radius 1 is 1.27 bits per heavy atom. The molecule has 6 nitrogen and oxygen atoms in total. The van der Waals surface area contributed by atoms with Gasteiger partial charge in [-0.1, -0.05) is 13.3 Å². The Kier molecular flexibility index (Phi) is 5.92. The number of carboxylic acid groups (broad SMARTS) is 1. The van der Waals surface area contributed by atoms with Crippen molar-refractivity contribution in [3.05, 3.63) is 0 Å². The minimum atomic E-state index is -3.83. The zero-order valence-electron chi connectivity index (χ0n) is 8.52. The van der Waals surface area contributed by atoms with Gasteiger partial charge in [0.25, 0.3) is 0 Å². The highest BCUT2D eigenvalue weighted by Crippen LogP contribution is 1.91. The predicted molar refractivity (Wildman–Crippen MR) is 54.2 cm³/mol. The van der Waals surface area contributed by atoms with Crippen molar-refractivity contribution in [1.29, 1.82) is 0 Å². The van der Waals surface area contributed by atoms with Crippen LogP contribution in [0.4, 0.5) is 0 Å². The molecular formula is C8H15NO5S. The van der Waals surface area contributed by atoms with Gasteiger partial charge in [-0.2, -0.15) is 0 Å². The highest BCUT2D eigenvalue weighted by Gasteiger charge is 2.19. The van der Waals surface area contributed by atoms with Crippen LogP contribution in [0.25, 0.3) is 0 Å². The van der Waals surface area contributed by atoms with E-state index in [1.807, 2.05) is 6.92 Å². The third kappa shape index (κ3) is 7.92. The first kappa shape index (κ1) is 13.9. The number of hydrogen-bond donors (Lipinski definition) is 2. The van der Waals surface area contributed by atoms with Gasteiger partial charge in [0.15, 0.2) is 9.84 Å². The van der Waals surface area contributed by atoms with Gasteiger partial charge in [-0.05, 0) is 6.42 Å². The third-order valence-electron chi connectivity index (χ3n) is 1.55. The molecule has 0 aromatic rings. The van der Waals surface area contributed by atoms with Crippen molar-refractivity contribution in [1.82, 2.24) is 5.32 Å². The lowest BCUT2D eigenvalue weighted by Crippen LogP contribution is -2.33. The van der Waals surface area contributed by atoms with Crippen LogP contribution in [0.3, 0.4) is 0 Å². The van der Waals surface area contributed by atoms with Crippen molar-refractivity contribution in [2.24, 2.45) is 0 Å². The summed E-state index contributed by atoms with van der Waals surface area (Å²) in [6.45, 7) is 2.35. The first-order valence-electron chi connectivity index (χ1n) is 4.56. The van der Waals surface area contributed by atoms with Crippen LogP contribution in [-0.4, -0.2) is 43.5 Å². The molecule has 0 saturated carbocycles. The van der Waals surface area contributed by atoms with E-state index in [2.05, 4.69) is 5.32 Å². The zero-order chi connectivity index (χ0) is 11.9. The lowest BCUT2D eigenvalue weighted by Gasteiger charge is -2.03. The fraction of sp³-hybridized carbons (Fsp3) is 0.750. The summed E-state index contributed by atoms with van der Waals surface area (Å²) >= 11 is 0. The number of amides is 1. The maximum absolute atomic E-state index is 11.0. The number of sulfone groups is 1. The molecule has 0 spiro atoms. The number of rotatable bonds is 7. The van der Waals surface area contributed by atoms with E-state index >= 15 is 0 Å². The molecular weight excluding hydrogens is 222 g/mol. The molecule has 0 atom stereocenters. The maximum Gasteiger partial charge on any atom is 0.318 e. The fourth-order valence-corrected chi connectivity index (χ4v) is 1.87. The van der Waals surface area contributed by atoms with E-state index in [0.717, 1.165) is 12.8 Å². The Bertz CT molecular complexity index is 322. The van der Waals surface area contributed by atoms with E-state index < -0.39 is 33.2 Å². The standard InChI is InChI=1S/C8H15NO5S/c1-2-3-4-9-7(10)5-15(13,14)6-8(11)12/h2-6H2,1H3,(H,9,10)(H,11,12). The summed E-state index contributed by atoms with van der Waals surface area (Å²) < 4.78 is 22.1. The SMILES string of the molecule is CCCCNC(=O)CS(=O)(=O)CC(=O)O. The van der Waals surface area contributed by atoms with E-state index in [9.17, 15) is 18.0 Å². The van der Waals surface area contributed by atoms with Crippen LogP contribution >= 0.6 is 0 Å². The molecule has 1 amide bonds. The molecule has 0 aromatic heterocycles. The summed E-state index contributed by atoms with van der Waals surface area (Å²) in [5.41, 5.74) is 0. The van der Waals surface area contributed by atoms with Crippen LogP contribution in [0.15, 0.2) is 0 Å². The lowest BCUT2D eigenvalue weighted by atomic mass is 10.3. The topological polar surface area (TPSA) is 101 Å². The Balaban J connectivity index is 4.00. The summed E-state index contributed by atoms with van der Waals surface area (Å²) in [4.78, 5) is 21.2. The number of carbonyl (C=O) groups excluding carboxylic acids is 1. The fourth-order valence-electron chi connectivity index (χ4n) is 0.895. The lowest BCUT2D eigenvalue weighted by molar-refractivity contribution is -0.134. The van der Waals surface area contributed by atoms with Gasteiger partial charge >= 0.3 is 5.97 Å². The molecule has 0 fully saturated rings.